The molecule has 1 aromatic carbocycles. The number of nitrogens with zero attached hydrogens (tertiary/aromatic N) is 1. The molecule has 0 spiro atoms. The smallest absolute Gasteiger partial charge is 0.191 e. The van der Waals surface area contributed by atoms with Gasteiger partial charge in [0.2, 0.25) is 0 Å². The van der Waals surface area contributed by atoms with Crippen LogP contribution in [0.1, 0.15) is 38.8 Å². The Morgan fingerprint density at radius 3 is 2.50 bits per heavy atom. The Balaban J connectivity index is 0.00000529. The van der Waals surface area contributed by atoms with Crippen molar-refractivity contribution in [3.05, 3.63) is 35.4 Å². The summed E-state index contributed by atoms with van der Waals surface area (Å²) >= 11 is 0. The third-order valence-electron chi connectivity index (χ3n) is 3.03. The standard InChI is InChI=1S/C18H31N3O2.HI/c1-5-19-18(21-15(3)4)20-13-16-8-7-9-17(12-16)14-23-11-10-22-6-2;/h7-9,12,15H,5-6,10-11,13-14H2,1-4H3,(H2,19,20,21);1H. The number of halogens is 1. The van der Waals surface area contributed by atoms with Gasteiger partial charge in [0.05, 0.1) is 26.4 Å². The molecule has 0 saturated heterocycles. The van der Waals surface area contributed by atoms with Crippen LogP contribution in [-0.2, 0) is 22.6 Å². The van der Waals surface area contributed by atoms with Gasteiger partial charge >= 0.3 is 0 Å². The molecule has 0 amide bonds. The SMILES string of the molecule is CCNC(=NCc1cccc(COCCOCC)c1)NC(C)C.I. The molecule has 0 aliphatic heterocycles. The molecule has 0 radical (unpaired) electrons. The molecule has 6 heteroatoms. The van der Waals surface area contributed by atoms with Crippen LogP contribution in [0.3, 0.4) is 0 Å². The molecule has 0 fully saturated rings. The summed E-state index contributed by atoms with van der Waals surface area (Å²) in [6, 6.07) is 8.72. The average Bonchev–Trinajstić information content (AvgIpc) is 2.53. The Morgan fingerprint density at radius 1 is 1.12 bits per heavy atom. The molecule has 0 aromatic heterocycles. The quantitative estimate of drug-likeness (QED) is 0.249. The zero-order valence-corrected chi connectivity index (χ0v) is 17.6. The monoisotopic (exact) mass is 449 g/mol. The van der Waals surface area contributed by atoms with E-state index in [2.05, 4.69) is 60.7 Å². The lowest BCUT2D eigenvalue weighted by atomic mass is 10.1. The van der Waals surface area contributed by atoms with E-state index in [0.717, 1.165) is 24.7 Å². The summed E-state index contributed by atoms with van der Waals surface area (Å²) < 4.78 is 10.9. The lowest BCUT2D eigenvalue weighted by Gasteiger charge is -2.14. The molecule has 1 rings (SSSR count). The summed E-state index contributed by atoms with van der Waals surface area (Å²) in [5.41, 5.74) is 2.34. The van der Waals surface area contributed by atoms with E-state index < -0.39 is 0 Å². The first kappa shape index (κ1) is 23.1. The number of aliphatic imine (C=N–C) groups is 1. The summed E-state index contributed by atoms with van der Waals surface area (Å²) in [6.45, 7) is 12.4. The predicted molar refractivity (Wildman–Crippen MR) is 111 cm³/mol. The van der Waals surface area contributed by atoms with Gasteiger partial charge in [-0.1, -0.05) is 24.3 Å². The van der Waals surface area contributed by atoms with Crippen LogP contribution in [0.4, 0.5) is 0 Å². The van der Waals surface area contributed by atoms with E-state index in [9.17, 15) is 0 Å². The number of rotatable bonds is 10. The highest BCUT2D eigenvalue weighted by Crippen LogP contribution is 2.08. The molecule has 2 N–H and O–H groups in total. The van der Waals surface area contributed by atoms with Gasteiger partial charge in [-0.15, -0.1) is 24.0 Å². The third kappa shape index (κ3) is 10.8. The van der Waals surface area contributed by atoms with Crippen LogP contribution >= 0.6 is 24.0 Å². The van der Waals surface area contributed by atoms with Gasteiger partial charge in [0.15, 0.2) is 5.96 Å². The van der Waals surface area contributed by atoms with Crippen molar-refractivity contribution in [3.63, 3.8) is 0 Å². The minimum atomic E-state index is 0. The van der Waals surface area contributed by atoms with E-state index in [1.165, 1.54) is 5.56 Å². The Bertz CT molecular complexity index is 467. The predicted octanol–water partition coefficient (Wildman–Crippen LogP) is 3.32. The summed E-state index contributed by atoms with van der Waals surface area (Å²) in [7, 11) is 0. The number of nitrogens with one attached hydrogen (secondary N) is 2. The minimum absolute atomic E-state index is 0. The fraction of sp³-hybridized carbons (Fsp3) is 0.611. The Labute approximate surface area is 163 Å². The minimum Gasteiger partial charge on any atom is -0.379 e. The van der Waals surface area contributed by atoms with Crippen LogP contribution in [0.25, 0.3) is 0 Å². The van der Waals surface area contributed by atoms with Crippen LogP contribution in [-0.4, -0.2) is 38.4 Å². The van der Waals surface area contributed by atoms with Crippen molar-refractivity contribution >= 4 is 29.9 Å². The van der Waals surface area contributed by atoms with Gasteiger partial charge in [-0.05, 0) is 38.8 Å². The second kappa shape index (κ2) is 14.5. The molecule has 5 nitrogen and oxygen atoms in total. The molecule has 24 heavy (non-hydrogen) atoms. The molecule has 138 valence electrons. The van der Waals surface area contributed by atoms with Gasteiger partial charge < -0.3 is 20.1 Å². The third-order valence-corrected chi connectivity index (χ3v) is 3.03. The largest absolute Gasteiger partial charge is 0.379 e. The van der Waals surface area contributed by atoms with Crippen LogP contribution in [0.15, 0.2) is 29.3 Å². The first-order chi connectivity index (χ1) is 11.2. The molecule has 0 atom stereocenters. The van der Waals surface area contributed by atoms with Crippen molar-refractivity contribution in [3.8, 4) is 0 Å². The zero-order chi connectivity index (χ0) is 16.9. The van der Waals surface area contributed by atoms with Crippen molar-refractivity contribution in [1.82, 2.24) is 10.6 Å². The normalized spacial score (nSPS) is 11.3. The highest BCUT2D eigenvalue weighted by Gasteiger charge is 2.01. The van der Waals surface area contributed by atoms with E-state index in [4.69, 9.17) is 9.47 Å². The van der Waals surface area contributed by atoms with Crippen molar-refractivity contribution < 1.29 is 9.47 Å². The van der Waals surface area contributed by atoms with E-state index in [1.54, 1.807) is 0 Å². The molecule has 0 heterocycles. The average molecular weight is 449 g/mol. The van der Waals surface area contributed by atoms with E-state index in [-0.39, 0.29) is 24.0 Å². The maximum Gasteiger partial charge on any atom is 0.191 e. The maximum absolute atomic E-state index is 5.61. The molecular weight excluding hydrogens is 417 g/mol. The zero-order valence-electron chi connectivity index (χ0n) is 15.3. The van der Waals surface area contributed by atoms with E-state index in [0.29, 0.717) is 32.4 Å². The summed E-state index contributed by atoms with van der Waals surface area (Å²) in [6.07, 6.45) is 0. The van der Waals surface area contributed by atoms with Crippen LogP contribution in [0.2, 0.25) is 0 Å². The number of hydrogen-bond donors (Lipinski definition) is 2. The fourth-order valence-corrected chi connectivity index (χ4v) is 2.03. The number of hydrogen-bond acceptors (Lipinski definition) is 3. The second-order valence-electron chi connectivity index (χ2n) is 5.56. The van der Waals surface area contributed by atoms with Gasteiger partial charge in [0.25, 0.3) is 0 Å². The molecular formula is C18H32IN3O2. The van der Waals surface area contributed by atoms with Crippen LogP contribution < -0.4 is 10.6 Å². The summed E-state index contributed by atoms with van der Waals surface area (Å²) in [5, 5.41) is 6.57. The Hall–Kier alpha value is -0.860. The Kier molecular flexibility index (Phi) is 14.0. The van der Waals surface area contributed by atoms with Gasteiger partial charge in [-0.2, -0.15) is 0 Å². The topological polar surface area (TPSA) is 54.9 Å². The van der Waals surface area contributed by atoms with Crippen molar-refractivity contribution in [2.75, 3.05) is 26.4 Å². The fourth-order valence-electron chi connectivity index (χ4n) is 2.03. The van der Waals surface area contributed by atoms with Crippen molar-refractivity contribution in [1.29, 1.82) is 0 Å². The van der Waals surface area contributed by atoms with E-state index >= 15 is 0 Å². The lowest BCUT2D eigenvalue weighted by Crippen LogP contribution is -2.40. The summed E-state index contributed by atoms with van der Waals surface area (Å²) in [5.74, 6) is 0.848. The first-order valence-electron chi connectivity index (χ1n) is 8.43. The lowest BCUT2D eigenvalue weighted by molar-refractivity contribution is 0.0453. The highest BCUT2D eigenvalue weighted by atomic mass is 127. The first-order valence-corrected chi connectivity index (χ1v) is 8.43. The van der Waals surface area contributed by atoms with Gasteiger partial charge in [0.1, 0.15) is 0 Å². The molecule has 0 bridgehead atoms. The maximum atomic E-state index is 5.61. The number of ether oxygens (including phenoxy) is 2. The van der Waals surface area contributed by atoms with Crippen molar-refractivity contribution in [2.24, 2.45) is 4.99 Å². The summed E-state index contributed by atoms with van der Waals surface area (Å²) in [4.78, 5) is 4.62. The number of benzene rings is 1. The molecule has 0 aliphatic carbocycles. The molecule has 0 unspecified atom stereocenters. The molecule has 1 aromatic rings. The molecule has 0 saturated carbocycles. The van der Waals surface area contributed by atoms with Crippen LogP contribution in [0, 0.1) is 0 Å². The van der Waals surface area contributed by atoms with Crippen molar-refractivity contribution in [2.45, 2.75) is 46.9 Å². The second-order valence-corrected chi connectivity index (χ2v) is 5.56. The highest BCUT2D eigenvalue weighted by molar-refractivity contribution is 14.0. The number of guanidine groups is 1. The van der Waals surface area contributed by atoms with Gasteiger partial charge in [0, 0.05) is 19.2 Å². The van der Waals surface area contributed by atoms with Gasteiger partial charge in [-0.25, -0.2) is 4.99 Å². The Morgan fingerprint density at radius 2 is 1.83 bits per heavy atom. The van der Waals surface area contributed by atoms with Crippen LogP contribution in [0.5, 0.6) is 0 Å². The van der Waals surface area contributed by atoms with Gasteiger partial charge in [-0.3, -0.25) is 0 Å². The van der Waals surface area contributed by atoms with E-state index in [1.807, 2.05) is 6.92 Å². The molecule has 0 aliphatic rings.